The number of para-hydroxylation sites is 1. The van der Waals surface area contributed by atoms with Crippen LogP contribution in [0.25, 0.3) is 6.08 Å². The van der Waals surface area contributed by atoms with Gasteiger partial charge >= 0.3 is 0 Å². The second kappa shape index (κ2) is 4.92. The first-order valence-corrected chi connectivity index (χ1v) is 6.65. The van der Waals surface area contributed by atoms with E-state index in [9.17, 15) is 0 Å². The van der Waals surface area contributed by atoms with Crippen molar-refractivity contribution in [3.05, 3.63) is 35.9 Å². The van der Waals surface area contributed by atoms with Gasteiger partial charge in [-0.25, -0.2) is 0 Å². The predicted molar refractivity (Wildman–Crippen MR) is 73.3 cm³/mol. The van der Waals surface area contributed by atoms with Crippen molar-refractivity contribution in [3.63, 3.8) is 0 Å². The molecule has 2 aliphatic heterocycles. The first-order valence-electron chi connectivity index (χ1n) is 6.65. The monoisotopic (exact) mass is 228 g/mol. The van der Waals surface area contributed by atoms with E-state index in [1.54, 1.807) is 0 Å². The molecule has 0 bridgehead atoms. The van der Waals surface area contributed by atoms with Crippen molar-refractivity contribution in [2.24, 2.45) is 5.92 Å². The second-order valence-corrected chi connectivity index (χ2v) is 5.06. The quantitative estimate of drug-likeness (QED) is 0.836. The lowest BCUT2D eigenvalue weighted by molar-refractivity contribution is 0.375. The van der Waals surface area contributed by atoms with E-state index in [-0.39, 0.29) is 0 Å². The number of piperidine rings is 1. The molecule has 0 aliphatic carbocycles. The lowest BCUT2D eigenvalue weighted by Crippen LogP contribution is -2.37. The van der Waals surface area contributed by atoms with E-state index in [0.717, 1.165) is 12.5 Å². The standard InChI is InChI=1S/C15H20N2/c1-2-6-15-14(4-1)5-3-11-17(15)12-13-7-9-16-10-8-13/h1-6,13,16H,7-12H2. The average molecular weight is 228 g/mol. The number of hydrogen-bond acceptors (Lipinski definition) is 2. The summed E-state index contributed by atoms with van der Waals surface area (Å²) in [5.41, 5.74) is 2.78. The Labute approximate surface area is 103 Å². The molecule has 1 aromatic carbocycles. The molecule has 1 fully saturated rings. The van der Waals surface area contributed by atoms with E-state index in [1.807, 2.05) is 0 Å². The first kappa shape index (κ1) is 10.8. The van der Waals surface area contributed by atoms with Crippen molar-refractivity contribution in [2.75, 3.05) is 31.1 Å². The molecular formula is C15H20N2. The Morgan fingerprint density at radius 3 is 2.88 bits per heavy atom. The van der Waals surface area contributed by atoms with Crippen LogP contribution in [0.3, 0.4) is 0 Å². The minimum Gasteiger partial charge on any atom is -0.367 e. The third-order valence-corrected chi connectivity index (χ3v) is 3.84. The van der Waals surface area contributed by atoms with Crippen molar-refractivity contribution in [2.45, 2.75) is 12.8 Å². The molecule has 2 nitrogen and oxygen atoms in total. The van der Waals surface area contributed by atoms with Crippen LogP contribution in [-0.4, -0.2) is 26.2 Å². The van der Waals surface area contributed by atoms with Crippen molar-refractivity contribution in [1.82, 2.24) is 5.32 Å². The Morgan fingerprint density at radius 1 is 1.18 bits per heavy atom. The summed E-state index contributed by atoms with van der Waals surface area (Å²) < 4.78 is 0. The van der Waals surface area contributed by atoms with E-state index in [2.05, 4.69) is 46.6 Å². The van der Waals surface area contributed by atoms with Crippen LogP contribution in [0, 0.1) is 5.92 Å². The maximum atomic E-state index is 3.44. The molecule has 90 valence electrons. The van der Waals surface area contributed by atoms with Gasteiger partial charge in [0, 0.05) is 18.8 Å². The molecule has 2 heteroatoms. The Bertz CT molecular complexity index is 405. The van der Waals surface area contributed by atoms with Crippen LogP contribution < -0.4 is 10.2 Å². The number of nitrogens with zero attached hydrogens (tertiary/aromatic N) is 1. The number of anilines is 1. The fraction of sp³-hybridized carbons (Fsp3) is 0.467. The van der Waals surface area contributed by atoms with Crippen LogP contribution in [0.2, 0.25) is 0 Å². The minimum absolute atomic E-state index is 0.857. The topological polar surface area (TPSA) is 15.3 Å². The fourth-order valence-corrected chi connectivity index (χ4v) is 2.87. The zero-order chi connectivity index (χ0) is 11.5. The first-order chi connectivity index (χ1) is 8.43. The number of benzene rings is 1. The molecule has 1 aromatic rings. The van der Waals surface area contributed by atoms with Gasteiger partial charge in [-0.05, 0) is 43.5 Å². The van der Waals surface area contributed by atoms with Crippen LogP contribution in [0.15, 0.2) is 30.3 Å². The normalized spacial score (nSPS) is 20.4. The van der Waals surface area contributed by atoms with Crippen molar-refractivity contribution >= 4 is 11.8 Å². The van der Waals surface area contributed by atoms with Crippen molar-refractivity contribution in [3.8, 4) is 0 Å². The van der Waals surface area contributed by atoms with Gasteiger partial charge in [0.1, 0.15) is 0 Å². The van der Waals surface area contributed by atoms with Gasteiger partial charge in [-0.2, -0.15) is 0 Å². The molecule has 1 N–H and O–H groups in total. The maximum Gasteiger partial charge on any atom is 0.0442 e. The highest BCUT2D eigenvalue weighted by molar-refractivity contribution is 5.71. The summed E-state index contributed by atoms with van der Waals surface area (Å²) in [5, 5.41) is 3.44. The lowest BCUT2D eigenvalue weighted by atomic mass is 9.96. The van der Waals surface area contributed by atoms with Crippen LogP contribution in [0.5, 0.6) is 0 Å². The highest BCUT2D eigenvalue weighted by atomic mass is 15.1. The van der Waals surface area contributed by atoms with Gasteiger partial charge in [-0.3, -0.25) is 0 Å². The summed E-state index contributed by atoms with van der Waals surface area (Å²) >= 11 is 0. The summed E-state index contributed by atoms with van der Waals surface area (Å²) in [6.07, 6.45) is 7.17. The molecule has 0 aromatic heterocycles. The van der Waals surface area contributed by atoms with Gasteiger partial charge < -0.3 is 10.2 Å². The molecule has 0 atom stereocenters. The fourth-order valence-electron chi connectivity index (χ4n) is 2.87. The molecule has 0 spiro atoms. The summed E-state index contributed by atoms with van der Waals surface area (Å²) in [6, 6.07) is 8.73. The van der Waals surface area contributed by atoms with E-state index >= 15 is 0 Å². The molecule has 2 aliphatic rings. The molecule has 17 heavy (non-hydrogen) atoms. The summed E-state index contributed by atoms with van der Waals surface area (Å²) in [6.45, 7) is 4.66. The highest BCUT2D eigenvalue weighted by Gasteiger charge is 2.19. The number of fused-ring (bicyclic) bond motifs is 1. The van der Waals surface area contributed by atoms with Gasteiger partial charge in [-0.1, -0.05) is 30.4 Å². The SMILES string of the molecule is C1=Cc2ccccc2N(CC2CCNCC2)C1. The second-order valence-electron chi connectivity index (χ2n) is 5.06. The summed E-state index contributed by atoms with van der Waals surface area (Å²) in [4.78, 5) is 2.53. The van der Waals surface area contributed by atoms with Gasteiger partial charge in [-0.15, -0.1) is 0 Å². The van der Waals surface area contributed by atoms with Gasteiger partial charge in [0.2, 0.25) is 0 Å². The molecular weight excluding hydrogens is 208 g/mol. The molecule has 0 unspecified atom stereocenters. The number of nitrogens with one attached hydrogen (secondary N) is 1. The molecule has 0 amide bonds. The third kappa shape index (κ3) is 2.37. The van der Waals surface area contributed by atoms with Crippen LogP contribution in [0.4, 0.5) is 5.69 Å². The molecule has 0 radical (unpaired) electrons. The maximum absolute atomic E-state index is 3.44. The summed E-state index contributed by atoms with van der Waals surface area (Å²) in [5.74, 6) is 0.857. The molecule has 2 heterocycles. The van der Waals surface area contributed by atoms with Gasteiger partial charge in [0.05, 0.1) is 0 Å². The Kier molecular flexibility index (Phi) is 3.14. The highest BCUT2D eigenvalue weighted by Crippen LogP contribution is 2.27. The van der Waals surface area contributed by atoms with E-state index < -0.39 is 0 Å². The number of hydrogen-bond donors (Lipinski definition) is 1. The minimum atomic E-state index is 0.857. The molecule has 0 saturated carbocycles. The van der Waals surface area contributed by atoms with Crippen molar-refractivity contribution in [1.29, 1.82) is 0 Å². The lowest BCUT2D eigenvalue weighted by Gasteiger charge is -2.33. The molecule has 1 saturated heterocycles. The van der Waals surface area contributed by atoms with E-state index in [0.29, 0.717) is 0 Å². The van der Waals surface area contributed by atoms with E-state index in [4.69, 9.17) is 0 Å². The molecule has 3 rings (SSSR count). The van der Waals surface area contributed by atoms with Crippen molar-refractivity contribution < 1.29 is 0 Å². The zero-order valence-electron chi connectivity index (χ0n) is 10.2. The largest absolute Gasteiger partial charge is 0.367 e. The Hall–Kier alpha value is -1.28. The average Bonchev–Trinajstić information content (AvgIpc) is 2.40. The smallest absolute Gasteiger partial charge is 0.0442 e. The van der Waals surface area contributed by atoms with Gasteiger partial charge in [0.15, 0.2) is 0 Å². The summed E-state index contributed by atoms with van der Waals surface area (Å²) in [7, 11) is 0. The van der Waals surface area contributed by atoms with Crippen LogP contribution in [0.1, 0.15) is 18.4 Å². The van der Waals surface area contributed by atoms with Gasteiger partial charge in [0.25, 0.3) is 0 Å². The Balaban J connectivity index is 1.73. The Morgan fingerprint density at radius 2 is 2.00 bits per heavy atom. The van der Waals surface area contributed by atoms with Crippen LogP contribution >= 0.6 is 0 Å². The number of rotatable bonds is 2. The van der Waals surface area contributed by atoms with Crippen LogP contribution in [-0.2, 0) is 0 Å². The third-order valence-electron chi connectivity index (χ3n) is 3.84. The zero-order valence-corrected chi connectivity index (χ0v) is 10.2. The predicted octanol–water partition coefficient (Wildman–Crippen LogP) is 2.52. The van der Waals surface area contributed by atoms with E-state index in [1.165, 1.54) is 43.7 Å².